The normalized spacial score (nSPS) is 23.8. The van der Waals surface area contributed by atoms with E-state index in [-0.39, 0.29) is 37.1 Å². The highest BCUT2D eigenvalue weighted by Gasteiger charge is 2.40. The first-order chi connectivity index (χ1) is 9.84. The Kier molecular flexibility index (Phi) is 4.72. The third-order valence-corrected chi connectivity index (χ3v) is 5.53. The van der Waals surface area contributed by atoms with Crippen molar-refractivity contribution in [2.24, 2.45) is 0 Å². The molecule has 2 aliphatic rings. The lowest BCUT2D eigenvalue weighted by Gasteiger charge is -2.33. The third-order valence-electron chi connectivity index (χ3n) is 3.77. The molecular weight excluding hydrogens is 300 g/mol. The molecule has 1 saturated heterocycles. The lowest BCUT2D eigenvalue weighted by molar-refractivity contribution is -0.138. The predicted octanol–water partition coefficient (Wildman–Crippen LogP) is -0.863. The lowest BCUT2D eigenvalue weighted by atomic mass is 10.2. The predicted molar refractivity (Wildman–Crippen MR) is 73.6 cm³/mol. The fourth-order valence-electron chi connectivity index (χ4n) is 2.61. The van der Waals surface area contributed by atoms with Crippen LogP contribution in [0.1, 0.15) is 19.3 Å². The Morgan fingerprint density at radius 2 is 1.76 bits per heavy atom. The smallest absolute Gasteiger partial charge is 0.323 e. The number of carbonyl (C=O) groups excluding carboxylic acids is 1. The van der Waals surface area contributed by atoms with Crippen molar-refractivity contribution in [3.63, 3.8) is 0 Å². The summed E-state index contributed by atoms with van der Waals surface area (Å²) in [5, 5.41) is 18.0. The average molecular weight is 320 g/mol. The van der Waals surface area contributed by atoms with E-state index in [9.17, 15) is 18.0 Å². The van der Waals surface area contributed by atoms with E-state index in [1.54, 1.807) is 0 Å². The van der Waals surface area contributed by atoms with Crippen molar-refractivity contribution in [1.29, 1.82) is 0 Å². The van der Waals surface area contributed by atoms with Crippen LogP contribution in [-0.4, -0.2) is 83.7 Å². The summed E-state index contributed by atoms with van der Waals surface area (Å²) in [5.41, 5.74) is 0. The molecule has 1 atom stereocenters. The maximum absolute atomic E-state index is 12.5. The van der Waals surface area contributed by atoms with Gasteiger partial charge in [-0.25, -0.2) is 13.2 Å². The van der Waals surface area contributed by atoms with E-state index in [2.05, 4.69) is 0 Å². The Morgan fingerprint density at radius 1 is 1.10 bits per heavy atom. The van der Waals surface area contributed by atoms with Gasteiger partial charge in [0.15, 0.2) is 9.84 Å². The van der Waals surface area contributed by atoms with Crippen molar-refractivity contribution < 1.29 is 28.2 Å². The molecule has 1 unspecified atom stereocenters. The number of nitrogens with zero attached hydrogens (tertiary/aromatic N) is 2. The molecule has 0 bridgehead atoms. The minimum absolute atomic E-state index is 0.0233. The molecule has 2 N–H and O–H groups in total. The van der Waals surface area contributed by atoms with E-state index in [0.29, 0.717) is 0 Å². The Morgan fingerprint density at radius 3 is 2.19 bits per heavy atom. The standard InChI is InChI=1S/C12H20N2O6S/c15-5-4-13(9-1-2-9)12(18)14(7-11(16)17)10-3-6-21(19,20)8-10/h9-10,15H,1-8H2,(H,16,17). The molecule has 21 heavy (non-hydrogen) atoms. The van der Waals surface area contributed by atoms with Crippen LogP contribution in [0, 0.1) is 0 Å². The number of aliphatic hydroxyl groups is 1. The molecule has 2 amide bonds. The highest BCUT2D eigenvalue weighted by Crippen LogP contribution is 2.29. The van der Waals surface area contributed by atoms with Gasteiger partial charge < -0.3 is 20.0 Å². The minimum Gasteiger partial charge on any atom is -0.480 e. The molecule has 0 aromatic rings. The fourth-order valence-corrected chi connectivity index (χ4v) is 4.34. The third kappa shape index (κ3) is 4.07. The van der Waals surface area contributed by atoms with Gasteiger partial charge in [-0.3, -0.25) is 4.79 Å². The minimum atomic E-state index is -3.21. The summed E-state index contributed by atoms with van der Waals surface area (Å²) in [7, 11) is -3.21. The molecule has 1 saturated carbocycles. The fraction of sp³-hybridized carbons (Fsp3) is 0.833. The van der Waals surface area contributed by atoms with Crippen molar-refractivity contribution in [2.45, 2.75) is 31.3 Å². The first kappa shape index (κ1) is 16.0. The van der Waals surface area contributed by atoms with Gasteiger partial charge in [0.05, 0.1) is 18.1 Å². The molecule has 8 nitrogen and oxygen atoms in total. The zero-order chi connectivity index (χ0) is 15.6. The number of amides is 2. The van der Waals surface area contributed by atoms with Gasteiger partial charge in [-0.05, 0) is 19.3 Å². The number of urea groups is 1. The number of aliphatic carboxylic acids is 1. The molecule has 0 aromatic carbocycles. The van der Waals surface area contributed by atoms with Crippen LogP contribution in [0.15, 0.2) is 0 Å². The van der Waals surface area contributed by atoms with E-state index >= 15 is 0 Å². The van der Waals surface area contributed by atoms with E-state index in [1.165, 1.54) is 4.90 Å². The summed E-state index contributed by atoms with van der Waals surface area (Å²) < 4.78 is 23.1. The molecule has 1 aliphatic heterocycles. The summed E-state index contributed by atoms with van der Waals surface area (Å²) in [5.74, 6) is -1.39. The SMILES string of the molecule is O=C(O)CN(C(=O)N(CCO)C1CC1)C1CCS(=O)(=O)C1. The molecule has 0 radical (unpaired) electrons. The Labute approximate surface area is 123 Å². The van der Waals surface area contributed by atoms with Crippen molar-refractivity contribution in [3.8, 4) is 0 Å². The topological polar surface area (TPSA) is 115 Å². The van der Waals surface area contributed by atoms with Gasteiger partial charge in [-0.15, -0.1) is 0 Å². The van der Waals surface area contributed by atoms with Gasteiger partial charge in [-0.2, -0.15) is 0 Å². The largest absolute Gasteiger partial charge is 0.480 e. The molecule has 1 heterocycles. The van der Waals surface area contributed by atoms with Crippen LogP contribution in [0.2, 0.25) is 0 Å². The quantitative estimate of drug-likeness (QED) is 0.658. The van der Waals surface area contributed by atoms with Crippen LogP contribution in [0.5, 0.6) is 0 Å². The van der Waals surface area contributed by atoms with Crippen molar-refractivity contribution in [2.75, 3.05) is 31.2 Å². The van der Waals surface area contributed by atoms with E-state index in [4.69, 9.17) is 10.2 Å². The maximum Gasteiger partial charge on any atom is 0.323 e. The molecule has 2 rings (SSSR count). The number of sulfone groups is 1. The molecule has 1 aliphatic carbocycles. The van der Waals surface area contributed by atoms with Crippen LogP contribution in [-0.2, 0) is 14.6 Å². The monoisotopic (exact) mass is 320 g/mol. The van der Waals surface area contributed by atoms with E-state index < -0.39 is 34.4 Å². The van der Waals surface area contributed by atoms with Gasteiger partial charge in [0.25, 0.3) is 0 Å². The van der Waals surface area contributed by atoms with Crippen LogP contribution in [0.4, 0.5) is 4.79 Å². The van der Waals surface area contributed by atoms with Crippen molar-refractivity contribution >= 4 is 21.8 Å². The Hall–Kier alpha value is -1.35. The number of rotatable bonds is 6. The van der Waals surface area contributed by atoms with Crippen LogP contribution >= 0.6 is 0 Å². The Bertz CT molecular complexity index is 516. The second-order valence-corrected chi connectivity index (χ2v) is 7.74. The number of hydrogen-bond donors (Lipinski definition) is 2. The number of carboxylic acid groups (broad SMARTS) is 1. The lowest BCUT2D eigenvalue weighted by Crippen LogP contribution is -2.52. The van der Waals surface area contributed by atoms with Gasteiger partial charge in [0.1, 0.15) is 6.54 Å². The summed E-state index contributed by atoms with van der Waals surface area (Å²) in [4.78, 5) is 26.1. The highest BCUT2D eigenvalue weighted by atomic mass is 32.2. The number of aliphatic hydroxyl groups excluding tert-OH is 1. The first-order valence-corrected chi connectivity index (χ1v) is 8.76. The number of carbonyl (C=O) groups is 2. The van der Waals surface area contributed by atoms with Crippen molar-refractivity contribution in [1.82, 2.24) is 9.80 Å². The average Bonchev–Trinajstić information content (AvgIpc) is 3.16. The zero-order valence-electron chi connectivity index (χ0n) is 11.6. The highest BCUT2D eigenvalue weighted by molar-refractivity contribution is 7.91. The molecule has 0 spiro atoms. The summed E-state index contributed by atoms with van der Waals surface area (Å²) >= 11 is 0. The van der Waals surface area contributed by atoms with Gasteiger partial charge in [-0.1, -0.05) is 0 Å². The van der Waals surface area contributed by atoms with E-state index in [0.717, 1.165) is 17.7 Å². The zero-order valence-corrected chi connectivity index (χ0v) is 12.5. The van der Waals surface area contributed by atoms with Crippen molar-refractivity contribution in [3.05, 3.63) is 0 Å². The van der Waals surface area contributed by atoms with Crippen LogP contribution < -0.4 is 0 Å². The second kappa shape index (κ2) is 6.18. The Balaban J connectivity index is 2.14. The summed E-state index contributed by atoms with van der Waals surface area (Å²) in [6.07, 6.45) is 1.92. The molecular formula is C12H20N2O6S. The molecule has 0 aromatic heterocycles. The number of carboxylic acids is 1. The summed E-state index contributed by atoms with van der Waals surface area (Å²) in [6.45, 7) is -0.584. The molecule has 9 heteroatoms. The first-order valence-electron chi connectivity index (χ1n) is 6.94. The van der Waals surface area contributed by atoms with Gasteiger partial charge in [0.2, 0.25) is 0 Å². The van der Waals surface area contributed by atoms with Gasteiger partial charge >= 0.3 is 12.0 Å². The van der Waals surface area contributed by atoms with Crippen LogP contribution in [0.3, 0.4) is 0 Å². The van der Waals surface area contributed by atoms with Gasteiger partial charge in [0, 0.05) is 18.6 Å². The second-order valence-electron chi connectivity index (χ2n) is 5.51. The maximum atomic E-state index is 12.5. The van der Waals surface area contributed by atoms with Crippen LogP contribution in [0.25, 0.3) is 0 Å². The molecule has 120 valence electrons. The number of hydrogen-bond acceptors (Lipinski definition) is 5. The molecule has 2 fully saturated rings. The van der Waals surface area contributed by atoms with E-state index in [1.807, 2.05) is 0 Å². The summed E-state index contributed by atoms with van der Waals surface area (Å²) in [6, 6.07) is -1.06.